The molecule has 2 N–H and O–H groups in total. The maximum atomic E-state index is 12.1. The second-order valence-electron chi connectivity index (χ2n) is 7.29. The van der Waals surface area contributed by atoms with Crippen LogP contribution in [0.15, 0.2) is 30.7 Å². The number of fused-ring (bicyclic) bond motifs is 1. The lowest BCUT2D eigenvalue weighted by Gasteiger charge is -2.30. The lowest BCUT2D eigenvalue weighted by molar-refractivity contribution is 0.0417. The molecule has 2 aromatic rings. The Morgan fingerprint density at radius 1 is 1.46 bits per heavy atom. The fourth-order valence-corrected chi connectivity index (χ4v) is 3.04. The minimum atomic E-state index is -0.719. The molecule has 1 atom stereocenters. The SMILES string of the molecule is CC(C)(C)OC(=O)NC1(CO)CCN(c2nccn3cccc23)C1. The highest BCUT2D eigenvalue weighted by molar-refractivity contribution is 5.71. The number of anilines is 1. The third-order valence-corrected chi connectivity index (χ3v) is 4.15. The van der Waals surface area contributed by atoms with Gasteiger partial charge in [0.25, 0.3) is 0 Å². The van der Waals surface area contributed by atoms with Crippen LogP contribution in [0.4, 0.5) is 10.6 Å². The number of ether oxygens (including phenoxy) is 1. The van der Waals surface area contributed by atoms with Crippen molar-refractivity contribution < 1.29 is 14.6 Å². The van der Waals surface area contributed by atoms with Gasteiger partial charge >= 0.3 is 6.09 Å². The van der Waals surface area contributed by atoms with E-state index in [9.17, 15) is 9.90 Å². The molecular formula is C17H24N4O3. The van der Waals surface area contributed by atoms with Crippen LogP contribution in [-0.4, -0.2) is 51.4 Å². The fourth-order valence-electron chi connectivity index (χ4n) is 3.04. The number of aliphatic hydroxyl groups is 1. The summed E-state index contributed by atoms with van der Waals surface area (Å²) in [4.78, 5) is 18.7. The lowest BCUT2D eigenvalue weighted by atomic mass is 10.0. The second kappa shape index (κ2) is 5.98. The van der Waals surface area contributed by atoms with Crippen LogP contribution in [0.5, 0.6) is 0 Å². The zero-order chi connectivity index (χ0) is 17.4. The van der Waals surface area contributed by atoms with Crippen molar-refractivity contribution in [2.75, 3.05) is 24.6 Å². The Bertz CT molecular complexity index is 737. The fraction of sp³-hybridized carbons (Fsp3) is 0.529. The van der Waals surface area contributed by atoms with E-state index in [-0.39, 0.29) is 6.61 Å². The van der Waals surface area contributed by atoms with Crippen molar-refractivity contribution >= 4 is 17.4 Å². The van der Waals surface area contributed by atoms with Gasteiger partial charge in [-0.25, -0.2) is 9.78 Å². The number of carbonyl (C=O) groups excluding carboxylic acids is 1. The van der Waals surface area contributed by atoms with Gasteiger partial charge in [-0.3, -0.25) is 0 Å². The normalized spacial score (nSPS) is 21.2. The number of aliphatic hydroxyl groups excluding tert-OH is 1. The molecule has 1 fully saturated rings. The van der Waals surface area contributed by atoms with E-state index in [4.69, 9.17) is 4.74 Å². The third-order valence-electron chi connectivity index (χ3n) is 4.15. The van der Waals surface area contributed by atoms with Crippen LogP contribution in [0, 0.1) is 0 Å². The third kappa shape index (κ3) is 3.31. The van der Waals surface area contributed by atoms with E-state index in [0.717, 1.165) is 11.3 Å². The van der Waals surface area contributed by atoms with Crippen LogP contribution in [0.2, 0.25) is 0 Å². The first-order valence-corrected chi connectivity index (χ1v) is 8.11. The lowest BCUT2D eigenvalue weighted by Crippen LogP contribution is -2.54. The van der Waals surface area contributed by atoms with Crippen LogP contribution in [0.1, 0.15) is 27.2 Å². The zero-order valence-corrected chi connectivity index (χ0v) is 14.3. The van der Waals surface area contributed by atoms with Gasteiger partial charge in [0, 0.05) is 31.7 Å². The van der Waals surface area contributed by atoms with Crippen molar-refractivity contribution in [2.24, 2.45) is 0 Å². The van der Waals surface area contributed by atoms with Crippen LogP contribution in [0.3, 0.4) is 0 Å². The van der Waals surface area contributed by atoms with Crippen molar-refractivity contribution in [1.29, 1.82) is 0 Å². The van der Waals surface area contributed by atoms with Crippen LogP contribution < -0.4 is 10.2 Å². The second-order valence-corrected chi connectivity index (χ2v) is 7.29. The molecule has 1 amide bonds. The Morgan fingerprint density at radius 2 is 2.25 bits per heavy atom. The Morgan fingerprint density at radius 3 is 2.96 bits per heavy atom. The van der Waals surface area contributed by atoms with E-state index in [1.165, 1.54) is 0 Å². The van der Waals surface area contributed by atoms with E-state index in [1.807, 2.05) is 49.7 Å². The summed E-state index contributed by atoms with van der Waals surface area (Å²) in [6.07, 6.45) is 5.74. The molecule has 24 heavy (non-hydrogen) atoms. The van der Waals surface area contributed by atoms with E-state index < -0.39 is 17.2 Å². The first kappa shape index (κ1) is 16.6. The van der Waals surface area contributed by atoms with Crippen LogP contribution in [0.25, 0.3) is 5.52 Å². The van der Waals surface area contributed by atoms with Crippen LogP contribution in [-0.2, 0) is 4.74 Å². The van der Waals surface area contributed by atoms with Gasteiger partial charge in [-0.05, 0) is 39.3 Å². The van der Waals surface area contributed by atoms with E-state index in [2.05, 4.69) is 15.2 Å². The molecule has 0 spiro atoms. The van der Waals surface area contributed by atoms with Crippen molar-refractivity contribution in [2.45, 2.75) is 38.3 Å². The van der Waals surface area contributed by atoms with Crippen LogP contribution >= 0.6 is 0 Å². The molecule has 3 rings (SSSR count). The largest absolute Gasteiger partial charge is 0.444 e. The van der Waals surface area contributed by atoms with Gasteiger partial charge in [-0.2, -0.15) is 0 Å². The number of hydrogen-bond donors (Lipinski definition) is 2. The number of nitrogens with one attached hydrogen (secondary N) is 1. The van der Waals surface area contributed by atoms with Gasteiger partial charge < -0.3 is 24.5 Å². The predicted octanol–water partition coefficient (Wildman–Crippen LogP) is 1.80. The van der Waals surface area contributed by atoms with Gasteiger partial charge in [0.05, 0.1) is 17.7 Å². The quantitative estimate of drug-likeness (QED) is 0.896. The minimum absolute atomic E-state index is 0.146. The Kier molecular flexibility index (Phi) is 4.13. The highest BCUT2D eigenvalue weighted by Gasteiger charge is 2.41. The molecule has 7 heteroatoms. The molecule has 2 aromatic heterocycles. The Labute approximate surface area is 141 Å². The zero-order valence-electron chi connectivity index (χ0n) is 14.3. The topological polar surface area (TPSA) is 79.1 Å². The molecule has 0 bridgehead atoms. The Hall–Kier alpha value is -2.28. The molecule has 0 radical (unpaired) electrons. The van der Waals surface area contributed by atoms with Crippen molar-refractivity contribution in [1.82, 2.24) is 14.7 Å². The Balaban J connectivity index is 1.77. The van der Waals surface area contributed by atoms with Gasteiger partial charge in [-0.1, -0.05) is 0 Å². The smallest absolute Gasteiger partial charge is 0.408 e. The van der Waals surface area contributed by atoms with E-state index in [1.54, 1.807) is 6.20 Å². The molecule has 1 saturated heterocycles. The molecule has 130 valence electrons. The summed E-state index contributed by atoms with van der Waals surface area (Å²) < 4.78 is 7.33. The summed E-state index contributed by atoms with van der Waals surface area (Å²) in [7, 11) is 0. The number of amides is 1. The summed E-state index contributed by atoms with van der Waals surface area (Å²) in [6, 6.07) is 3.97. The summed E-state index contributed by atoms with van der Waals surface area (Å²) in [6.45, 7) is 6.49. The maximum absolute atomic E-state index is 12.1. The van der Waals surface area contributed by atoms with Crippen molar-refractivity contribution in [3.05, 3.63) is 30.7 Å². The van der Waals surface area contributed by atoms with Gasteiger partial charge in [0.1, 0.15) is 5.60 Å². The molecule has 0 aromatic carbocycles. The molecule has 1 aliphatic heterocycles. The number of alkyl carbamates (subject to hydrolysis) is 1. The summed E-state index contributed by atoms with van der Waals surface area (Å²) in [5, 5.41) is 12.7. The number of hydrogen-bond acceptors (Lipinski definition) is 5. The number of aromatic nitrogens is 2. The van der Waals surface area contributed by atoms with Crippen molar-refractivity contribution in [3.8, 4) is 0 Å². The van der Waals surface area contributed by atoms with Gasteiger partial charge in [-0.15, -0.1) is 0 Å². The minimum Gasteiger partial charge on any atom is -0.444 e. The predicted molar refractivity (Wildman–Crippen MR) is 91.2 cm³/mol. The molecular weight excluding hydrogens is 308 g/mol. The standard InChI is InChI=1S/C17H24N4O3/c1-16(2,3)24-15(23)19-17(12-22)6-9-21(11-17)14-13-5-4-8-20(13)10-7-18-14/h4-5,7-8,10,22H,6,9,11-12H2,1-3H3,(H,19,23). The summed E-state index contributed by atoms with van der Waals surface area (Å²) >= 11 is 0. The maximum Gasteiger partial charge on any atom is 0.408 e. The molecule has 3 heterocycles. The summed E-state index contributed by atoms with van der Waals surface area (Å²) in [5.41, 5.74) is -0.287. The van der Waals surface area contributed by atoms with E-state index >= 15 is 0 Å². The average molecular weight is 332 g/mol. The monoisotopic (exact) mass is 332 g/mol. The number of nitrogens with zero attached hydrogens (tertiary/aromatic N) is 3. The first-order chi connectivity index (χ1) is 11.3. The number of carbonyl (C=O) groups is 1. The molecule has 0 saturated carbocycles. The first-order valence-electron chi connectivity index (χ1n) is 8.11. The van der Waals surface area contributed by atoms with Gasteiger partial charge in [0.2, 0.25) is 0 Å². The average Bonchev–Trinajstić information content (AvgIpc) is 3.12. The highest BCUT2D eigenvalue weighted by atomic mass is 16.6. The molecule has 1 aliphatic rings. The number of rotatable bonds is 3. The highest BCUT2D eigenvalue weighted by Crippen LogP contribution is 2.28. The molecule has 0 aliphatic carbocycles. The van der Waals surface area contributed by atoms with Gasteiger partial charge in [0.15, 0.2) is 5.82 Å². The molecule has 7 nitrogen and oxygen atoms in total. The molecule has 1 unspecified atom stereocenters. The van der Waals surface area contributed by atoms with E-state index in [0.29, 0.717) is 19.5 Å². The van der Waals surface area contributed by atoms with Crippen molar-refractivity contribution in [3.63, 3.8) is 0 Å². The summed E-state index contributed by atoms with van der Waals surface area (Å²) in [5.74, 6) is 0.851.